The van der Waals surface area contributed by atoms with Gasteiger partial charge in [0.1, 0.15) is 0 Å². The van der Waals surface area contributed by atoms with Gasteiger partial charge in [-0.15, -0.1) is 0 Å². The molecule has 2 aromatic rings. The molecule has 0 spiro atoms. The van der Waals surface area contributed by atoms with Crippen LogP contribution in [0.5, 0.6) is 0 Å². The number of nitrogens with two attached hydrogens (primary N) is 1. The SMILES string of the molecule is COC(C)C(NN)c1ccnn1-c1ccccc1. The third kappa shape index (κ3) is 2.43. The van der Waals surface area contributed by atoms with Gasteiger partial charge in [-0.2, -0.15) is 5.10 Å². The van der Waals surface area contributed by atoms with Crippen molar-refractivity contribution >= 4 is 0 Å². The molecule has 0 saturated carbocycles. The number of nitrogens with one attached hydrogen (secondary N) is 1. The number of benzene rings is 1. The summed E-state index contributed by atoms with van der Waals surface area (Å²) in [5.41, 5.74) is 4.75. The highest BCUT2D eigenvalue weighted by Crippen LogP contribution is 2.20. The van der Waals surface area contributed by atoms with E-state index in [1.165, 1.54) is 0 Å². The second-order valence-corrected chi connectivity index (χ2v) is 4.09. The van der Waals surface area contributed by atoms with Gasteiger partial charge in [0.2, 0.25) is 0 Å². The van der Waals surface area contributed by atoms with Crippen LogP contribution >= 0.6 is 0 Å². The van der Waals surface area contributed by atoms with E-state index in [1.54, 1.807) is 13.3 Å². The van der Waals surface area contributed by atoms with Crippen molar-refractivity contribution in [3.05, 3.63) is 48.3 Å². The third-order valence-electron chi connectivity index (χ3n) is 3.01. The number of para-hydroxylation sites is 1. The molecule has 0 aliphatic rings. The van der Waals surface area contributed by atoms with Crippen molar-refractivity contribution in [1.29, 1.82) is 0 Å². The number of hydrogen-bond acceptors (Lipinski definition) is 4. The van der Waals surface area contributed by atoms with E-state index in [9.17, 15) is 0 Å². The van der Waals surface area contributed by atoms with Crippen LogP contribution in [0, 0.1) is 0 Å². The maximum absolute atomic E-state index is 5.62. The minimum atomic E-state index is -0.113. The highest BCUT2D eigenvalue weighted by atomic mass is 16.5. The topological polar surface area (TPSA) is 65.1 Å². The smallest absolute Gasteiger partial charge is 0.0891 e. The summed E-state index contributed by atoms with van der Waals surface area (Å²) in [6.07, 6.45) is 1.71. The van der Waals surface area contributed by atoms with E-state index in [-0.39, 0.29) is 12.1 Å². The van der Waals surface area contributed by atoms with E-state index in [4.69, 9.17) is 10.6 Å². The molecule has 5 nitrogen and oxygen atoms in total. The maximum Gasteiger partial charge on any atom is 0.0891 e. The van der Waals surface area contributed by atoms with Gasteiger partial charge in [0.05, 0.1) is 23.5 Å². The molecule has 0 aliphatic carbocycles. The first-order valence-electron chi connectivity index (χ1n) is 5.86. The lowest BCUT2D eigenvalue weighted by molar-refractivity contribution is 0.0809. The fourth-order valence-electron chi connectivity index (χ4n) is 1.93. The minimum absolute atomic E-state index is 0.0471. The molecule has 2 atom stereocenters. The van der Waals surface area contributed by atoms with Crippen molar-refractivity contribution in [2.24, 2.45) is 5.84 Å². The lowest BCUT2D eigenvalue weighted by Gasteiger charge is -2.23. The Morgan fingerprint density at radius 3 is 2.61 bits per heavy atom. The van der Waals surface area contributed by atoms with Crippen LogP contribution in [-0.2, 0) is 4.74 Å². The molecule has 1 heterocycles. The molecule has 0 amide bonds. The molecular formula is C13H18N4O. The number of ether oxygens (including phenoxy) is 1. The number of aromatic nitrogens is 2. The fraction of sp³-hybridized carbons (Fsp3) is 0.308. The molecule has 0 fully saturated rings. The van der Waals surface area contributed by atoms with Crippen molar-refractivity contribution < 1.29 is 4.74 Å². The highest BCUT2D eigenvalue weighted by molar-refractivity contribution is 5.33. The summed E-state index contributed by atoms with van der Waals surface area (Å²) in [6, 6.07) is 11.8. The average Bonchev–Trinajstić information content (AvgIpc) is 2.89. The Hall–Kier alpha value is -1.69. The molecule has 5 heteroatoms. The molecule has 1 aromatic carbocycles. The molecule has 0 radical (unpaired) electrons. The molecule has 18 heavy (non-hydrogen) atoms. The van der Waals surface area contributed by atoms with Crippen molar-refractivity contribution in [3.8, 4) is 5.69 Å². The van der Waals surface area contributed by atoms with Crippen LogP contribution in [0.15, 0.2) is 42.6 Å². The Bertz CT molecular complexity index is 483. The van der Waals surface area contributed by atoms with Crippen LogP contribution in [-0.4, -0.2) is 23.0 Å². The van der Waals surface area contributed by atoms with Gasteiger partial charge in [-0.3, -0.25) is 5.84 Å². The number of nitrogens with zero attached hydrogens (tertiary/aromatic N) is 2. The van der Waals surface area contributed by atoms with Crippen LogP contribution in [0.1, 0.15) is 18.7 Å². The van der Waals surface area contributed by atoms with Crippen molar-refractivity contribution in [3.63, 3.8) is 0 Å². The van der Waals surface area contributed by atoms with Gasteiger partial charge >= 0.3 is 0 Å². The Morgan fingerprint density at radius 2 is 2.00 bits per heavy atom. The lowest BCUT2D eigenvalue weighted by atomic mass is 10.1. The van der Waals surface area contributed by atoms with Crippen LogP contribution in [0.25, 0.3) is 5.69 Å². The number of methoxy groups -OCH3 is 1. The number of hydrazine groups is 1. The van der Waals surface area contributed by atoms with E-state index in [0.717, 1.165) is 11.4 Å². The predicted octanol–water partition coefficient (Wildman–Crippen LogP) is 1.41. The van der Waals surface area contributed by atoms with E-state index in [2.05, 4.69) is 10.5 Å². The molecule has 0 aliphatic heterocycles. The first-order valence-corrected chi connectivity index (χ1v) is 5.86. The molecule has 0 saturated heterocycles. The summed E-state index contributed by atoms with van der Waals surface area (Å²) in [5, 5.41) is 4.34. The van der Waals surface area contributed by atoms with E-state index >= 15 is 0 Å². The highest BCUT2D eigenvalue weighted by Gasteiger charge is 2.21. The van der Waals surface area contributed by atoms with Gasteiger partial charge in [-0.25, -0.2) is 10.1 Å². The molecule has 96 valence electrons. The number of rotatable bonds is 5. The first-order chi connectivity index (χ1) is 8.77. The van der Waals surface area contributed by atoms with Crippen molar-refractivity contribution in [2.75, 3.05) is 7.11 Å². The molecule has 3 N–H and O–H groups in total. The lowest BCUT2D eigenvalue weighted by Crippen LogP contribution is -2.37. The molecule has 2 rings (SSSR count). The normalized spacial score (nSPS) is 14.4. The largest absolute Gasteiger partial charge is 0.380 e. The second-order valence-electron chi connectivity index (χ2n) is 4.09. The van der Waals surface area contributed by atoms with Crippen LogP contribution in [0.3, 0.4) is 0 Å². The Kier molecular flexibility index (Phi) is 4.09. The van der Waals surface area contributed by atoms with E-state index in [0.29, 0.717) is 0 Å². The van der Waals surface area contributed by atoms with Gasteiger partial charge in [-0.1, -0.05) is 18.2 Å². The van der Waals surface area contributed by atoms with Crippen molar-refractivity contribution in [1.82, 2.24) is 15.2 Å². The third-order valence-corrected chi connectivity index (χ3v) is 3.01. The second kappa shape index (κ2) is 5.77. The maximum atomic E-state index is 5.62. The monoisotopic (exact) mass is 246 g/mol. The van der Waals surface area contributed by atoms with Crippen LogP contribution in [0.4, 0.5) is 0 Å². The van der Waals surface area contributed by atoms with Crippen LogP contribution in [0.2, 0.25) is 0 Å². The summed E-state index contributed by atoms with van der Waals surface area (Å²) in [5.74, 6) is 5.62. The zero-order valence-corrected chi connectivity index (χ0v) is 10.6. The van der Waals surface area contributed by atoms with Gasteiger partial charge < -0.3 is 4.74 Å². The Balaban J connectivity index is 2.38. The summed E-state index contributed by atoms with van der Waals surface area (Å²) in [4.78, 5) is 0. The van der Waals surface area contributed by atoms with Gasteiger partial charge in [0.25, 0.3) is 0 Å². The van der Waals surface area contributed by atoms with Gasteiger partial charge in [-0.05, 0) is 25.1 Å². The molecule has 0 bridgehead atoms. The zero-order chi connectivity index (χ0) is 13.0. The molecular weight excluding hydrogens is 228 g/mol. The van der Waals surface area contributed by atoms with Gasteiger partial charge in [0, 0.05) is 13.3 Å². The quantitative estimate of drug-likeness (QED) is 0.618. The summed E-state index contributed by atoms with van der Waals surface area (Å²) in [6.45, 7) is 1.97. The molecule has 1 aromatic heterocycles. The van der Waals surface area contributed by atoms with Crippen LogP contribution < -0.4 is 11.3 Å². The zero-order valence-electron chi connectivity index (χ0n) is 10.6. The summed E-state index contributed by atoms with van der Waals surface area (Å²) >= 11 is 0. The summed E-state index contributed by atoms with van der Waals surface area (Å²) in [7, 11) is 1.66. The predicted molar refractivity (Wildman–Crippen MR) is 70.1 cm³/mol. The average molecular weight is 246 g/mol. The first kappa shape index (κ1) is 12.8. The molecule has 2 unspecified atom stereocenters. The van der Waals surface area contributed by atoms with E-state index in [1.807, 2.05) is 48.0 Å². The minimum Gasteiger partial charge on any atom is -0.380 e. The standard InChI is InChI=1S/C13H18N4O/c1-10(18-2)13(16-14)12-8-9-15-17(12)11-6-4-3-5-7-11/h3-10,13,16H,14H2,1-2H3. The van der Waals surface area contributed by atoms with Crippen molar-refractivity contribution in [2.45, 2.75) is 19.1 Å². The number of hydrogen-bond donors (Lipinski definition) is 2. The Labute approximate surface area is 107 Å². The summed E-state index contributed by atoms with van der Waals surface area (Å²) < 4.78 is 7.20. The van der Waals surface area contributed by atoms with Gasteiger partial charge in [0.15, 0.2) is 0 Å². The Morgan fingerprint density at radius 1 is 1.28 bits per heavy atom. The fourth-order valence-corrected chi connectivity index (χ4v) is 1.93. The van der Waals surface area contributed by atoms with E-state index < -0.39 is 0 Å².